The third-order valence-electron chi connectivity index (χ3n) is 3.51. The molecule has 1 aliphatic heterocycles. The molecule has 9 heteroatoms. The van der Waals surface area contributed by atoms with Gasteiger partial charge in [-0.2, -0.15) is 4.98 Å². The summed E-state index contributed by atoms with van der Waals surface area (Å²) in [5, 5.41) is 11.4. The van der Waals surface area contributed by atoms with Gasteiger partial charge in [0.05, 0.1) is 11.5 Å². The number of nitro groups is 1. The standard InChI is InChI=1S/C14H14ClN5O3/c15-9-2-1-3-10(6-9)23-11-4-5-19(8-11)14-17-7-12(20(21)22)13(16)18-14/h1-3,6-7,11H,4-5,8H2,(H2,16,17,18). The Bertz CT molecular complexity index is 742. The molecule has 2 heterocycles. The van der Waals surface area contributed by atoms with E-state index in [0.29, 0.717) is 29.8 Å². The molecule has 0 bridgehead atoms. The Morgan fingerprint density at radius 2 is 2.30 bits per heavy atom. The molecule has 3 rings (SSSR count). The SMILES string of the molecule is Nc1nc(N2CCC(Oc3cccc(Cl)c3)C2)ncc1[N+](=O)[O-]. The minimum Gasteiger partial charge on any atom is -0.488 e. The third kappa shape index (κ3) is 3.42. The van der Waals surface area contributed by atoms with Crippen LogP contribution in [0.3, 0.4) is 0 Å². The molecule has 0 radical (unpaired) electrons. The first kappa shape index (κ1) is 15.3. The van der Waals surface area contributed by atoms with E-state index in [9.17, 15) is 10.1 Å². The lowest BCUT2D eigenvalue weighted by molar-refractivity contribution is -0.384. The average Bonchev–Trinajstić information content (AvgIpc) is 2.95. The normalized spacial score (nSPS) is 17.3. The van der Waals surface area contributed by atoms with Crippen LogP contribution >= 0.6 is 11.6 Å². The molecule has 1 unspecified atom stereocenters. The Labute approximate surface area is 137 Å². The predicted molar refractivity (Wildman–Crippen MR) is 85.8 cm³/mol. The number of nitrogen functional groups attached to an aromatic ring is 1. The number of halogens is 1. The van der Waals surface area contributed by atoms with Gasteiger partial charge >= 0.3 is 5.69 Å². The van der Waals surface area contributed by atoms with E-state index in [2.05, 4.69) is 9.97 Å². The predicted octanol–water partition coefficient (Wildman–Crippen LogP) is 2.28. The molecule has 2 aromatic rings. The van der Waals surface area contributed by atoms with Gasteiger partial charge in [0.1, 0.15) is 18.1 Å². The van der Waals surface area contributed by atoms with Gasteiger partial charge in [0, 0.05) is 18.0 Å². The summed E-state index contributed by atoms with van der Waals surface area (Å²) in [6, 6.07) is 7.20. The second kappa shape index (κ2) is 6.25. The molecule has 1 saturated heterocycles. The average molecular weight is 336 g/mol. The number of aromatic nitrogens is 2. The Balaban J connectivity index is 1.68. The zero-order valence-corrected chi connectivity index (χ0v) is 12.8. The number of nitrogens with two attached hydrogens (primary N) is 1. The minimum atomic E-state index is -0.603. The molecule has 120 valence electrons. The lowest BCUT2D eigenvalue weighted by atomic mass is 10.3. The number of rotatable bonds is 4. The van der Waals surface area contributed by atoms with Crippen LogP contribution in [0.5, 0.6) is 5.75 Å². The van der Waals surface area contributed by atoms with Crippen molar-refractivity contribution < 1.29 is 9.66 Å². The van der Waals surface area contributed by atoms with Gasteiger partial charge in [-0.25, -0.2) is 4.98 Å². The Morgan fingerprint density at radius 1 is 1.48 bits per heavy atom. The molecule has 1 aromatic heterocycles. The number of ether oxygens (including phenoxy) is 1. The highest BCUT2D eigenvalue weighted by atomic mass is 35.5. The lowest BCUT2D eigenvalue weighted by Gasteiger charge is -2.17. The number of anilines is 2. The largest absolute Gasteiger partial charge is 0.488 e. The molecule has 0 aliphatic carbocycles. The molecule has 23 heavy (non-hydrogen) atoms. The van der Waals surface area contributed by atoms with Crippen molar-refractivity contribution in [2.45, 2.75) is 12.5 Å². The van der Waals surface area contributed by atoms with E-state index in [4.69, 9.17) is 22.1 Å². The van der Waals surface area contributed by atoms with Gasteiger partial charge < -0.3 is 15.4 Å². The fourth-order valence-electron chi connectivity index (χ4n) is 2.41. The zero-order chi connectivity index (χ0) is 16.4. The molecular formula is C14H14ClN5O3. The first-order valence-corrected chi connectivity index (χ1v) is 7.35. The van der Waals surface area contributed by atoms with Crippen molar-refractivity contribution >= 4 is 29.1 Å². The van der Waals surface area contributed by atoms with Crippen LogP contribution in [0.2, 0.25) is 5.02 Å². The molecule has 1 aliphatic rings. The van der Waals surface area contributed by atoms with Crippen molar-refractivity contribution in [2.24, 2.45) is 0 Å². The monoisotopic (exact) mass is 335 g/mol. The van der Waals surface area contributed by atoms with Crippen molar-refractivity contribution in [1.82, 2.24) is 9.97 Å². The molecule has 0 spiro atoms. The highest BCUT2D eigenvalue weighted by Crippen LogP contribution is 2.25. The van der Waals surface area contributed by atoms with Crippen LogP contribution in [0.25, 0.3) is 0 Å². The summed E-state index contributed by atoms with van der Waals surface area (Å²) < 4.78 is 5.88. The van der Waals surface area contributed by atoms with E-state index in [0.717, 1.165) is 12.6 Å². The van der Waals surface area contributed by atoms with Crippen molar-refractivity contribution in [2.75, 3.05) is 23.7 Å². The van der Waals surface area contributed by atoms with Crippen LogP contribution in [0.1, 0.15) is 6.42 Å². The number of hydrogen-bond donors (Lipinski definition) is 1. The molecule has 1 atom stereocenters. The Hall–Kier alpha value is -2.61. The summed E-state index contributed by atoms with van der Waals surface area (Å²) in [6.45, 7) is 1.26. The second-order valence-corrected chi connectivity index (χ2v) is 5.57. The minimum absolute atomic E-state index is 0.0338. The van der Waals surface area contributed by atoms with Gasteiger partial charge in [0.15, 0.2) is 0 Å². The van der Waals surface area contributed by atoms with Crippen LogP contribution in [-0.2, 0) is 0 Å². The first-order chi connectivity index (χ1) is 11.0. The topological polar surface area (TPSA) is 107 Å². The quantitative estimate of drug-likeness (QED) is 0.674. The van der Waals surface area contributed by atoms with E-state index < -0.39 is 4.92 Å². The van der Waals surface area contributed by atoms with Crippen molar-refractivity contribution in [3.8, 4) is 5.75 Å². The van der Waals surface area contributed by atoms with E-state index in [-0.39, 0.29) is 17.6 Å². The van der Waals surface area contributed by atoms with E-state index in [1.54, 1.807) is 12.1 Å². The van der Waals surface area contributed by atoms with E-state index >= 15 is 0 Å². The van der Waals surface area contributed by atoms with Gasteiger partial charge in [-0.3, -0.25) is 10.1 Å². The number of hydrogen-bond acceptors (Lipinski definition) is 7. The maximum absolute atomic E-state index is 10.7. The van der Waals surface area contributed by atoms with Crippen molar-refractivity contribution in [3.05, 3.63) is 45.6 Å². The van der Waals surface area contributed by atoms with Crippen LogP contribution in [-0.4, -0.2) is 34.1 Å². The fraction of sp³-hybridized carbons (Fsp3) is 0.286. The van der Waals surface area contributed by atoms with Gasteiger partial charge in [-0.15, -0.1) is 0 Å². The maximum Gasteiger partial charge on any atom is 0.329 e. The molecular weight excluding hydrogens is 322 g/mol. The van der Waals surface area contributed by atoms with Gasteiger partial charge in [0.25, 0.3) is 0 Å². The van der Waals surface area contributed by atoms with Crippen molar-refractivity contribution in [3.63, 3.8) is 0 Å². The maximum atomic E-state index is 10.7. The van der Waals surface area contributed by atoms with Crippen LogP contribution < -0.4 is 15.4 Å². The van der Waals surface area contributed by atoms with Crippen LogP contribution in [0, 0.1) is 10.1 Å². The van der Waals surface area contributed by atoms with E-state index in [1.807, 2.05) is 17.0 Å². The highest BCUT2D eigenvalue weighted by molar-refractivity contribution is 6.30. The summed E-state index contributed by atoms with van der Waals surface area (Å²) in [6.07, 6.45) is 1.88. The Kier molecular flexibility index (Phi) is 4.16. The molecule has 1 fully saturated rings. The summed E-state index contributed by atoms with van der Waals surface area (Å²) in [7, 11) is 0. The number of benzene rings is 1. The van der Waals surface area contributed by atoms with Crippen LogP contribution in [0.15, 0.2) is 30.5 Å². The molecule has 0 saturated carbocycles. The third-order valence-corrected chi connectivity index (χ3v) is 3.74. The molecule has 1 aromatic carbocycles. The van der Waals surface area contributed by atoms with Gasteiger partial charge in [0.2, 0.25) is 11.8 Å². The molecule has 0 amide bonds. The second-order valence-electron chi connectivity index (χ2n) is 5.13. The zero-order valence-electron chi connectivity index (χ0n) is 12.1. The smallest absolute Gasteiger partial charge is 0.329 e. The first-order valence-electron chi connectivity index (χ1n) is 6.97. The fourth-order valence-corrected chi connectivity index (χ4v) is 2.59. The van der Waals surface area contributed by atoms with Gasteiger partial charge in [-0.05, 0) is 18.2 Å². The van der Waals surface area contributed by atoms with Gasteiger partial charge in [-0.1, -0.05) is 17.7 Å². The van der Waals surface area contributed by atoms with E-state index in [1.165, 1.54) is 0 Å². The highest BCUT2D eigenvalue weighted by Gasteiger charge is 2.27. The molecule has 8 nitrogen and oxygen atoms in total. The summed E-state index contributed by atoms with van der Waals surface area (Å²) >= 11 is 5.93. The summed E-state index contributed by atoms with van der Waals surface area (Å²) in [5.41, 5.74) is 5.31. The van der Waals surface area contributed by atoms with Crippen LogP contribution in [0.4, 0.5) is 17.5 Å². The Morgan fingerprint density at radius 3 is 3.00 bits per heavy atom. The van der Waals surface area contributed by atoms with Crippen molar-refractivity contribution in [1.29, 1.82) is 0 Å². The lowest BCUT2D eigenvalue weighted by Crippen LogP contribution is -2.26. The number of nitrogens with zero attached hydrogens (tertiary/aromatic N) is 4. The molecule has 2 N–H and O–H groups in total. The summed E-state index contributed by atoms with van der Waals surface area (Å²) in [5.74, 6) is 0.929. The summed E-state index contributed by atoms with van der Waals surface area (Å²) in [4.78, 5) is 20.0.